The van der Waals surface area contributed by atoms with Gasteiger partial charge >= 0.3 is 0 Å². The van der Waals surface area contributed by atoms with Crippen molar-refractivity contribution in [2.45, 2.75) is 36.2 Å². The van der Waals surface area contributed by atoms with Crippen LogP contribution in [0.2, 0.25) is 0 Å². The van der Waals surface area contributed by atoms with E-state index in [0.29, 0.717) is 12.2 Å². The van der Waals surface area contributed by atoms with Crippen LogP contribution in [0.5, 0.6) is 0 Å². The number of carbonyl (C=O) groups is 1. The lowest BCUT2D eigenvalue weighted by Gasteiger charge is -2.21. The van der Waals surface area contributed by atoms with Crippen molar-refractivity contribution in [2.24, 2.45) is 0 Å². The van der Waals surface area contributed by atoms with Gasteiger partial charge < -0.3 is 5.32 Å². The van der Waals surface area contributed by atoms with Gasteiger partial charge in [-0.1, -0.05) is 42.5 Å². The second-order valence-corrected chi connectivity index (χ2v) is 9.27. The van der Waals surface area contributed by atoms with Gasteiger partial charge in [-0.3, -0.25) is 4.79 Å². The van der Waals surface area contributed by atoms with Gasteiger partial charge in [0.15, 0.2) is 0 Å². The van der Waals surface area contributed by atoms with Gasteiger partial charge in [0.2, 0.25) is 15.9 Å². The first-order valence-corrected chi connectivity index (χ1v) is 11.8. The number of carbonyl (C=O) groups excluding carboxylic acids is 1. The molecule has 1 aliphatic carbocycles. The highest BCUT2D eigenvalue weighted by molar-refractivity contribution is 7.98. The van der Waals surface area contributed by atoms with Crippen LogP contribution in [-0.4, -0.2) is 32.4 Å². The Balaban J connectivity index is 1.74. The zero-order valence-electron chi connectivity index (χ0n) is 15.2. The van der Waals surface area contributed by atoms with E-state index in [4.69, 9.17) is 0 Å². The molecule has 1 amide bonds. The first-order chi connectivity index (χ1) is 13.0. The number of amides is 1. The third-order valence-electron chi connectivity index (χ3n) is 4.73. The van der Waals surface area contributed by atoms with Gasteiger partial charge in [0.25, 0.3) is 0 Å². The van der Waals surface area contributed by atoms with E-state index in [1.54, 1.807) is 30.0 Å². The molecule has 0 radical (unpaired) electrons. The van der Waals surface area contributed by atoms with Crippen molar-refractivity contribution in [3.63, 3.8) is 0 Å². The van der Waals surface area contributed by atoms with E-state index in [1.165, 1.54) is 17.7 Å². The molecule has 144 valence electrons. The predicted molar refractivity (Wildman–Crippen MR) is 109 cm³/mol. The zero-order chi connectivity index (χ0) is 19.3. The highest BCUT2D eigenvalue weighted by atomic mass is 32.2. The van der Waals surface area contributed by atoms with Crippen LogP contribution in [0.25, 0.3) is 0 Å². The molecule has 5 nitrogen and oxygen atoms in total. The summed E-state index contributed by atoms with van der Waals surface area (Å²) in [4.78, 5) is 13.0. The fourth-order valence-electron chi connectivity index (χ4n) is 3.31. The van der Waals surface area contributed by atoms with Crippen molar-refractivity contribution in [2.75, 3.05) is 12.0 Å². The quantitative estimate of drug-likeness (QED) is 0.709. The Labute approximate surface area is 165 Å². The third-order valence-corrected chi connectivity index (χ3v) is 6.86. The molecule has 0 aromatic heterocycles. The molecule has 0 spiro atoms. The van der Waals surface area contributed by atoms with Crippen LogP contribution in [0.4, 0.5) is 0 Å². The van der Waals surface area contributed by atoms with Crippen molar-refractivity contribution in [1.82, 2.24) is 10.0 Å². The summed E-state index contributed by atoms with van der Waals surface area (Å²) in [6, 6.07) is 15.4. The molecule has 0 aliphatic heterocycles. The SMILES string of the molecule is CSCC[C@H](NS(=O)(=O)c1ccccc1)C(=O)N[C@H]1CCc2ccccc21. The lowest BCUT2D eigenvalue weighted by atomic mass is 10.1. The maximum Gasteiger partial charge on any atom is 0.241 e. The van der Waals surface area contributed by atoms with Gasteiger partial charge in [0.1, 0.15) is 6.04 Å². The van der Waals surface area contributed by atoms with Crippen molar-refractivity contribution in [3.8, 4) is 0 Å². The molecule has 0 unspecified atom stereocenters. The van der Waals surface area contributed by atoms with E-state index >= 15 is 0 Å². The smallest absolute Gasteiger partial charge is 0.241 e. The lowest BCUT2D eigenvalue weighted by Crippen LogP contribution is -2.47. The number of nitrogens with one attached hydrogen (secondary N) is 2. The molecule has 0 saturated heterocycles. The number of rotatable bonds is 8. The summed E-state index contributed by atoms with van der Waals surface area (Å²) in [5.41, 5.74) is 2.37. The summed E-state index contributed by atoms with van der Waals surface area (Å²) in [5.74, 6) is 0.418. The largest absolute Gasteiger partial charge is 0.348 e. The Morgan fingerprint density at radius 1 is 1.15 bits per heavy atom. The van der Waals surface area contributed by atoms with Gasteiger partial charge in [-0.25, -0.2) is 8.42 Å². The molecule has 2 N–H and O–H groups in total. The van der Waals surface area contributed by atoms with E-state index in [2.05, 4.69) is 16.1 Å². The molecule has 27 heavy (non-hydrogen) atoms. The van der Waals surface area contributed by atoms with Gasteiger partial charge in [0.05, 0.1) is 10.9 Å². The van der Waals surface area contributed by atoms with Gasteiger partial charge in [-0.05, 0) is 54.5 Å². The maximum atomic E-state index is 12.9. The number of sulfonamides is 1. The number of aryl methyl sites for hydroxylation is 1. The van der Waals surface area contributed by atoms with E-state index in [0.717, 1.165) is 18.4 Å². The second kappa shape index (κ2) is 8.91. The topological polar surface area (TPSA) is 75.3 Å². The molecule has 0 saturated carbocycles. The van der Waals surface area contributed by atoms with Gasteiger partial charge in [0, 0.05) is 0 Å². The van der Waals surface area contributed by atoms with Crippen molar-refractivity contribution < 1.29 is 13.2 Å². The Hall–Kier alpha value is -1.83. The average Bonchev–Trinajstić information content (AvgIpc) is 3.08. The van der Waals surface area contributed by atoms with Crippen molar-refractivity contribution in [3.05, 3.63) is 65.7 Å². The monoisotopic (exact) mass is 404 g/mol. The molecular formula is C20H24N2O3S2. The van der Waals surface area contributed by atoms with Gasteiger partial charge in [-0.15, -0.1) is 0 Å². The fourth-order valence-corrected chi connectivity index (χ4v) is 5.04. The van der Waals surface area contributed by atoms with Crippen LogP contribution in [0.1, 0.15) is 30.0 Å². The van der Waals surface area contributed by atoms with E-state index in [9.17, 15) is 13.2 Å². The molecule has 2 aromatic rings. The molecule has 2 aromatic carbocycles. The molecular weight excluding hydrogens is 380 g/mol. The molecule has 0 fully saturated rings. The maximum absolute atomic E-state index is 12.9. The Morgan fingerprint density at radius 3 is 2.59 bits per heavy atom. The van der Waals surface area contributed by atoms with Crippen molar-refractivity contribution in [1.29, 1.82) is 0 Å². The first-order valence-electron chi connectivity index (χ1n) is 8.96. The Kier molecular flexibility index (Phi) is 6.57. The fraction of sp³-hybridized carbons (Fsp3) is 0.350. The number of hydrogen-bond acceptors (Lipinski definition) is 4. The third kappa shape index (κ3) is 4.91. The van der Waals surface area contributed by atoms with E-state index < -0.39 is 16.1 Å². The van der Waals surface area contributed by atoms with Crippen LogP contribution < -0.4 is 10.0 Å². The average molecular weight is 405 g/mol. The summed E-state index contributed by atoms with van der Waals surface area (Å²) >= 11 is 1.59. The minimum absolute atomic E-state index is 0.0632. The Bertz CT molecular complexity index is 885. The first kappa shape index (κ1) is 19.9. The molecule has 1 aliphatic rings. The van der Waals surface area contributed by atoms with Crippen LogP contribution in [0.15, 0.2) is 59.5 Å². The zero-order valence-corrected chi connectivity index (χ0v) is 16.9. The summed E-state index contributed by atoms with van der Waals surface area (Å²) in [7, 11) is -3.75. The van der Waals surface area contributed by atoms with Crippen LogP contribution >= 0.6 is 11.8 Å². The molecule has 2 atom stereocenters. The molecule has 0 bridgehead atoms. The number of hydrogen-bond donors (Lipinski definition) is 2. The number of fused-ring (bicyclic) bond motifs is 1. The second-order valence-electron chi connectivity index (χ2n) is 6.57. The minimum Gasteiger partial charge on any atom is -0.348 e. The minimum atomic E-state index is -3.75. The standard InChI is InChI=1S/C20H24N2O3S2/c1-26-14-13-19(22-27(24,25)16-8-3-2-4-9-16)20(23)21-18-12-11-15-7-5-6-10-17(15)18/h2-10,18-19,22H,11-14H2,1H3,(H,21,23)/t18-,19-/m0/s1. The van der Waals surface area contributed by atoms with Gasteiger partial charge in [-0.2, -0.15) is 16.5 Å². The number of thioether (sulfide) groups is 1. The van der Waals surface area contributed by atoms with Crippen LogP contribution in [-0.2, 0) is 21.2 Å². The normalized spacial score (nSPS) is 17.3. The summed E-state index contributed by atoms with van der Waals surface area (Å²) in [5, 5.41) is 3.04. The summed E-state index contributed by atoms with van der Waals surface area (Å²) < 4.78 is 27.9. The van der Waals surface area contributed by atoms with Crippen LogP contribution in [0.3, 0.4) is 0 Å². The molecule has 0 heterocycles. The summed E-state index contributed by atoms with van der Waals surface area (Å²) in [6.07, 6.45) is 4.14. The summed E-state index contributed by atoms with van der Waals surface area (Å²) in [6.45, 7) is 0. The predicted octanol–water partition coefficient (Wildman–Crippen LogP) is 2.89. The Morgan fingerprint density at radius 2 is 1.85 bits per heavy atom. The number of benzene rings is 2. The van der Waals surface area contributed by atoms with Crippen LogP contribution in [0, 0.1) is 0 Å². The van der Waals surface area contributed by atoms with E-state index in [-0.39, 0.29) is 16.8 Å². The highest BCUT2D eigenvalue weighted by Crippen LogP contribution is 2.30. The highest BCUT2D eigenvalue weighted by Gasteiger charge is 2.29. The van der Waals surface area contributed by atoms with Crippen molar-refractivity contribution >= 4 is 27.7 Å². The molecule has 7 heteroatoms. The lowest BCUT2D eigenvalue weighted by molar-refractivity contribution is -0.123. The molecule has 3 rings (SSSR count). The van der Waals surface area contributed by atoms with E-state index in [1.807, 2.05) is 24.5 Å².